The lowest BCUT2D eigenvalue weighted by molar-refractivity contribution is 0.0934. The third-order valence-electron chi connectivity index (χ3n) is 4.82. The summed E-state index contributed by atoms with van der Waals surface area (Å²) in [6.45, 7) is 4.19. The summed E-state index contributed by atoms with van der Waals surface area (Å²) in [5, 5.41) is 10.4. The molecule has 1 aromatic carbocycles. The fraction of sp³-hybridized carbons (Fsp3) is 0.300. The van der Waals surface area contributed by atoms with Gasteiger partial charge in [0.15, 0.2) is 5.82 Å². The Hall–Kier alpha value is -3.06. The Morgan fingerprint density at radius 1 is 1.22 bits per heavy atom. The zero-order chi connectivity index (χ0) is 18.6. The number of amides is 1. The first-order chi connectivity index (χ1) is 13.2. The topological polar surface area (TPSA) is 86.8 Å². The lowest BCUT2D eigenvalue weighted by Gasteiger charge is -2.18. The number of nitrogens with one attached hydrogen (secondary N) is 2. The molecular weight excluding hydrogens is 340 g/mol. The van der Waals surface area contributed by atoms with E-state index in [9.17, 15) is 4.79 Å². The largest absolute Gasteiger partial charge is 0.347 e. The van der Waals surface area contributed by atoms with Crippen molar-refractivity contribution in [2.75, 3.05) is 13.1 Å². The van der Waals surface area contributed by atoms with E-state index < -0.39 is 0 Å². The molecule has 0 saturated carbocycles. The summed E-state index contributed by atoms with van der Waals surface area (Å²) in [5.41, 5.74) is 1.81. The van der Waals surface area contributed by atoms with E-state index in [1.165, 1.54) is 0 Å². The van der Waals surface area contributed by atoms with Gasteiger partial charge in [-0.25, -0.2) is 4.98 Å². The van der Waals surface area contributed by atoms with E-state index in [-0.39, 0.29) is 17.9 Å². The van der Waals surface area contributed by atoms with Crippen molar-refractivity contribution in [1.29, 1.82) is 0 Å². The molecule has 2 N–H and O–H groups in total. The molecule has 0 spiro atoms. The molecule has 138 valence electrons. The molecule has 3 aromatic rings. The molecule has 7 heteroatoms. The van der Waals surface area contributed by atoms with Gasteiger partial charge >= 0.3 is 0 Å². The van der Waals surface area contributed by atoms with Crippen molar-refractivity contribution in [3.63, 3.8) is 0 Å². The smallest absolute Gasteiger partial charge is 0.251 e. The number of aryl methyl sites for hydroxylation is 1. The number of pyridine rings is 1. The molecule has 1 saturated heterocycles. The number of aromatic amines is 1. The quantitative estimate of drug-likeness (QED) is 0.724. The summed E-state index contributed by atoms with van der Waals surface area (Å²) in [7, 11) is 0. The van der Waals surface area contributed by atoms with Crippen molar-refractivity contribution in [3.8, 4) is 0 Å². The third kappa shape index (κ3) is 4.03. The lowest BCUT2D eigenvalue weighted by atomic mass is 10.0. The Kier molecular flexibility index (Phi) is 4.93. The van der Waals surface area contributed by atoms with Crippen LogP contribution in [0.3, 0.4) is 0 Å². The predicted molar refractivity (Wildman–Crippen MR) is 101 cm³/mol. The minimum Gasteiger partial charge on any atom is -0.347 e. The Bertz CT molecular complexity index is 895. The number of benzene rings is 1. The van der Waals surface area contributed by atoms with Crippen molar-refractivity contribution in [2.24, 2.45) is 0 Å². The monoisotopic (exact) mass is 362 g/mol. The van der Waals surface area contributed by atoms with Crippen LogP contribution < -0.4 is 5.32 Å². The van der Waals surface area contributed by atoms with Crippen LogP contribution in [0.15, 0.2) is 54.9 Å². The Balaban J connectivity index is 1.52. The highest BCUT2D eigenvalue weighted by Gasteiger charge is 2.37. The fourth-order valence-corrected chi connectivity index (χ4v) is 3.54. The van der Waals surface area contributed by atoms with Crippen LogP contribution in [0.5, 0.6) is 0 Å². The summed E-state index contributed by atoms with van der Waals surface area (Å²) in [6, 6.07) is 13.2. The van der Waals surface area contributed by atoms with Crippen molar-refractivity contribution in [3.05, 3.63) is 77.6 Å². The van der Waals surface area contributed by atoms with Gasteiger partial charge in [-0.2, -0.15) is 5.10 Å². The first-order valence-electron chi connectivity index (χ1n) is 9.05. The zero-order valence-electron chi connectivity index (χ0n) is 15.2. The molecule has 2 aromatic heterocycles. The lowest BCUT2D eigenvalue weighted by Crippen LogP contribution is -2.40. The Morgan fingerprint density at radius 3 is 2.78 bits per heavy atom. The molecule has 4 rings (SSSR count). The van der Waals surface area contributed by atoms with Crippen LogP contribution >= 0.6 is 0 Å². The average Bonchev–Trinajstić information content (AvgIpc) is 3.29. The molecule has 0 unspecified atom stereocenters. The van der Waals surface area contributed by atoms with Gasteiger partial charge in [-0.05, 0) is 30.7 Å². The van der Waals surface area contributed by atoms with Crippen molar-refractivity contribution < 1.29 is 4.79 Å². The number of carbonyl (C=O) groups is 1. The number of carbonyl (C=O) groups excluding carboxylic acids is 1. The molecule has 0 radical (unpaired) electrons. The van der Waals surface area contributed by atoms with E-state index in [0.717, 1.165) is 36.8 Å². The normalized spacial score (nSPS) is 19.9. The van der Waals surface area contributed by atoms with Crippen LogP contribution in [-0.2, 0) is 6.54 Å². The van der Waals surface area contributed by atoms with Crippen LogP contribution in [0.25, 0.3) is 0 Å². The van der Waals surface area contributed by atoms with E-state index >= 15 is 0 Å². The number of likely N-dealkylation sites (tertiary alicyclic amines) is 1. The summed E-state index contributed by atoms with van der Waals surface area (Å²) in [5.74, 6) is 1.50. The predicted octanol–water partition coefficient (Wildman–Crippen LogP) is 1.91. The van der Waals surface area contributed by atoms with Crippen LogP contribution in [0.4, 0.5) is 0 Å². The summed E-state index contributed by atoms with van der Waals surface area (Å²) < 4.78 is 0. The molecular formula is C20H22N6O. The Labute approximate surface area is 157 Å². The molecule has 2 atom stereocenters. The number of hydrogen-bond donors (Lipinski definition) is 2. The summed E-state index contributed by atoms with van der Waals surface area (Å²) in [4.78, 5) is 23.7. The highest BCUT2D eigenvalue weighted by molar-refractivity contribution is 5.94. The van der Waals surface area contributed by atoms with Crippen LogP contribution in [0, 0.1) is 6.92 Å². The van der Waals surface area contributed by atoms with Gasteiger partial charge in [-0.1, -0.05) is 24.3 Å². The van der Waals surface area contributed by atoms with Gasteiger partial charge in [0.2, 0.25) is 0 Å². The highest BCUT2D eigenvalue weighted by Crippen LogP contribution is 2.27. The van der Waals surface area contributed by atoms with Gasteiger partial charge in [0.1, 0.15) is 5.82 Å². The van der Waals surface area contributed by atoms with Gasteiger partial charge in [0.05, 0.1) is 12.0 Å². The number of H-pyrrole nitrogens is 1. The molecule has 0 bridgehead atoms. The second kappa shape index (κ2) is 7.67. The van der Waals surface area contributed by atoms with Crippen molar-refractivity contribution in [1.82, 2.24) is 30.4 Å². The highest BCUT2D eigenvalue weighted by atomic mass is 16.1. The molecule has 1 aliphatic heterocycles. The first-order valence-corrected chi connectivity index (χ1v) is 9.05. The molecule has 0 aliphatic carbocycles. The van der Waals surface area contributed by atoms with Crippen molar-refractivity contribution in [2.45, 2.75) is 25.4 Å². The average molecular weight is 362 g/mol. The Morgan fingerprint density at radius 2 is 2.07 bits per heavy atom. The van der Waals surface area contributed by atoms with Gasteiger partial charge in [0.25, 0.3) is 5.91 Å². The standard InChI is InChI=1S/C20H22N6O/c1-14-22-19(25-24-14)17-12-26(11-15-6-5-9-21-10-15)13-18(17)23-20(27)16-7-3-2-4-8-16/h2-10,17-18H,11-13H2,1H3,(H,23,27)(H,22,24,25)/t17-,18-/m1/s1. The number of aromatic nitrogens is 4. The van der Waals surface area contributed by atoms with E-state index in [2.05, 4.69) is 36.4 Å². The summed E-state index contributed by atoms with van der Waals surface area (Å²) in [6.07, 6.45) is 3.65. The summed E-state index contributed by atoms with van der Waals surface area (Å²) >= 11 is 0. The molecule has 1 fully saturated rings. The molecule has 1 aliphatic rings. The minimum atomic E-state index is -0.0684. The second-order valence-electron chi connectivity index (χ2n) is 6.89. The third-order valence-corrected chi connectivity index (χ3v) is 4.82. The zero-order valence-corrected chi connectivity index (χ0v) is 15.2. The molecule has 7 nitrogen and oxygen atoms in total. The SMILES string of the molecule is Cc1nc([C@@H]2CN(Cc3cccnc3)C[C@H]2NC(=O)c2ccccc2)n[nH]1. The van der Waals surface area contributed by atoms with E-state index in [4.69, 9.17) is 0 Å². The minimum absolute atomic E-state index is 0.0410. The molecule has 3 heterocycles. The number of nitrogens with zero attached hydrogens (tertiary/aromatic N) is 4. The second-order valence-corrected chi connectivity index (χ2v) is 6.89. The number of hydrogen-bond acceptors (Lipinski definition) is 5. The molecule has 27 heavy (non-hydrogen) atoms. The van der Waals surface area contributed by atoms with E-state index in [0.29, 0.717) is 5.56 Å². The van der Waals surface area contributed by atoms with Gasteiger partial charge in [-0.15, -0.1) is 0 Å². The maximum atomic E-state index is 12.7. The fourth-order valence-electron chi connectivity index (χ4n) is 3.54. The molecule has 1 amide bonds. The van der Waals surface area contributed by atoms with Gasteiger partial charge in [-0.3, -0.25) is 19.8 Å². The van der Waals surface area contributed by atoms with Crippen LogP contribution in [0.2, 0.25) is 0 Å². The number of rotatable bonds is 5. The van der Waals surface area contributed by atoms with Gasteiger partial charge < -0.3 is 5.32 Å². The van der Waals surface area contributed by atoms with Crippen LogP contribution in [-0.4, -0.2) is 50.1 Å². The maximum Gasteiger partial charge on any atom is 0.251 e. The van der Waals surface area contributed by atoms with Gasteiger partial charge in [0, 0.05) is 37.6 Å². The van der Waals surface area contributed by atoms with Crippen LogP contribution in [0.1, 0.15) is 33.5 Å². The first kappa shape index (κ1) is 17.4. The van der Waals surface area contributed by atoms with E-state index in [1.807, 2.05) is 49.5 Å². The van der Waals surface area contributed by atoms with Crippen molar-refractivity contribution >= 4 is 5.91 Å². The maximum absolute atomic E-state index is 12.7. The van der Waals surface area contributed by atoms with E-state index in [1.54, 1.807) is 6.20 Å².